The van der Waals surface area contributed by atoms with E-state index >= 15 is 0 Å². The van der Waals surface area contributed by atoms with Crippen LogP contribution in [-0.4, -0.2) is 19.6 Å². The molecule has 1 aromatic rings. The molecular weight excluding hydrogens is 228 g/mol. The summed E-state index contributed by atoms with van der Waals surface area (Å²) in [7, 11) is 0. The Morgan fingerprint density at radius 1 is 1.60 bits per heavy atom. The Morgan fingerprint density at radius 2 is 2.47 bits per heavy atom. The van der Waals surface area contributed by atoms with Crippen molar-refractivity contribution < 1.29 is 0 Å². The van der Waals surface area contributed by atoms with Crippen molar-refractivity contribution in [2.24, 2.45) is 5.41 Å². The van der Waals surface area contributed by atoms with Crippen molar-refractivity contribution in [1.29, 1.82) is 0 Å². The number of nitrogens with one attached hydrogen (secondary N) is 2. The van der Waals surface area contributed by atoms with Gasteiger partial charge >= 0.3 is 0 Å². The zero-order chi connectivity index (χ0) is 10.7. The number of hydrogen-bond donors (Lipinski definition) is 2. The van der Waals surface area contributed by atoms with Crippen LogP contribution in [0, 0.1) is 5.41 Å². The average Bonchev–Trinajstić information content (AvgIpc) is 2.76. The third-order valence-corrected chi connectivity index (χ3v) is 4.17. The van der Waals surface area contributed by atoms with Crippen molar-refractivity contribution in [3.8, 4) is 0 Å². The maximum Gasteiger partial charge on any atom is 0.0931 e. The molecule has 0 radical (unpaired) electrons. The van der Waals surface area contributed by atoms with Crippen LogP contribution in [-0.2, 0) is 6.54 Å². The Morgan fingerprint density at radius 3 is 3.07 bits per heavy atom. The van der Waals surface area contributed by atoms with E-state index in [2.05, 4.69) is 23.6 Å². The number of halogens is 1. The van der Waals surface area contributed by atoms with Gasteiger partial charge in [-0.1, -0.05) is 18.5 Å². The second-order valence-corrected chi connectivity index (χ2v) is 6.35. The molecule has 0 amide bonds. The minimum Gasteiger partial charge on any atom is -0.316 e. The van der Waals surface area contributed by atoms with Gasteiger partial charge in [-0.25, -0.2) is 0 Å². The van der Waals surface area contributed by atoms with Crippen LogP contribution in [0.25, 0.3) is 0 Å². The van der Waals surface area contributed by atoms with Crippen LogP contribution in [0.3, 0.4) is 0 Å². The van der Waals surface area contributed by atoms with Crippen LogP contribution >= 0.6 is 22.9 Å². The van der Waals surface area contributed by atoms with Crippen LogP contribution in [0.4, 0.5) is 0 Å². The Kier molecular flexibility index (Phi) is 3.67. The summed E-state index contributed by atoms with van der Waals surface area (Å²) in [6.07, 6.45) is 1.27. The molecule has 0 aromatic carbocycles. The average molecular weight is 245 g/mol. The Bertz CT molecular complexity index is 318. The molecule has 0 aliphatic carbocycles. The highest BCUT2D eigenvalue weighted by atomic mass is 35.5. The molecule has 4 heteroatoms. The van der Waals surface area contributed by atoms with E-state index < -0.39 is 0 Å². The number of hydrogen-bond acceptors (Lipinski definition) is 3. The van der Waals surface area contributed by atoms with Gasteiger partial charge in [0.2, 0.25) is 0 Å². The van der Waals surface area contributed by atoms with E-state index in [4.69, 9.17) is 11.6 Å². The van der Waals surface area contributed by atoms with Gasteiger partial charge < -0.3 is 10.6 Å². The van der Waals surface area contributed by atoms with Gasteiger partial charge in [0.05, 0.1) is 4.34 Å². The molecule has 1 saturated heterocycles. The first kappa shape index (κ1) is 11.4. The number of thiophene rings is 1. The lowest BCUT2D eigenvalue weighted by Gasteiger charge is -2.22. The normalized spacial score (nSPS) is 26.0. The topological polar surface area (TPSA) is 24.1 Å². The predicted molar refractivity (Wildman–Crippen MR) is 66.6 cm³/mol. The second kappa shape index (κ2) is 4.83. The number of rotatable bonds is 4. The molecule has 0 saturated carbocycles. The van der Waals surface area contributed by atoms with Crippen LogP contribution in [0.2, 0.25) is 4.34 Å². The van der Waals surface area contributed by atoms with Crippen molar-refractivity contribution in [3.05, 3.63) is 21.3 Å². The molecule has 0 bridgehead atoms. The van der Waals surface area contributed by atoms with E-state index in [1.165, 1.54) is 11.3 Å². The van der Waals surface area contributed by atoms with Crippen molar-refractivity contribution in [3.63, 3.8) is 0 Å². The molecule has 1 fully saturated rings. The zero-order valence-corrected chi connectivity index (χ0v) is 10.5. The summed E-state index contributed by atoms with van der Waals surface area (Å²) in [5.41, 5.74) is 0.432. The maximum absolute atomic E-state index is 5.87. The molecular formula is C11H17ClN2S. The molecule has 1 aromatic heterocycles. The van der Waals surface area contributed by atoms with Gasteiger partial charge in [0, 0.05) is 24.5 Å². The summed E-state index contributed by atoms with van der Waals surface area (Å²) in [6, 6.07) is 4.05. The van der Waals surface area contributed by atoms with Crippen molar-refractivity contribution in [2.75, 3.05) is 19.6 Å². The molecule has 1 atom stereocenters. The van der Waals surface area contributed by atoms with Gasteiger partial charge in [0.25, 0.3) is 0 Å². The highest BCUT2D eigenvalue weighted by Gasteiger charge is 2.27. The Labute approximate surface area is 100 Å². The first-order valence-electron chi connectivity index (χ1n) is 5.34. The van der Waals surface area contributed by atoms with E-state index in [9.17, 15) is 0 Å². The third-order valence-electron chi connectivity index (χ3n) is 2.94. The first-order chi connectivity index (χ1) is 7.18. The summed E-state index contributed by atoms with van der Waals surface area (Å²) in [5, 5.41) is 6.92. The van der Waals surface area contributed by atoms with E-state index in [1.54, 1.807) is 11.3 Å². The van der Waals surface area contributed by atoms with Gasteiger partial charge in [-0.2, -0.15) is 0 Å². The minimum atomic E-state index is 0.432. The summed E-state index contributed by atoms with van der Waals surface area (Å²) >= 11 is 7.53. The lowest BCUT2D eigenvalue weighted by Crippen LogP contribution is -2.33. The summed E-state index contributed by atoms with van der Waals surface area (Å²) < 4.78 is 0.876. The van der Waals surface area contributed by atoms with E-state index in [-0.39, 0.29) is 0 Å². The standard InChI is InChI=1S/C11H17ClN2S/c1-11(4-5-13-7-11)8-14-6-9-2-3-10(12)15-9/h2-3,13-14H,4-8H2,1H3. The quantitative estimate of drug-likeness (QED) is 0.851. The summed E-state index contributed by atoms with van der Waals surface area (Å²) in [6.45, 7) is 6.64. The molecule has 2 rings (SSSR count). The van der Waals surface area contributed by atoms with E-state index in [0.717, 1.165) is 30.5 Å². The van der Waals surface area contributed by atoms with Crippen molar-refractivity contribution in [2.45, 2.75) is 19.9 Å². The largest absolute Gasteiger partial charge is 0.316 e. The molecule has 84 valence electrons. The maximum atomic E-state index is 5.87. The van der Waals surface area contributed by atoms with E-state index in [1.807, 2.05) is 6.07 Å². The van der Waals surface area contributed by atoms with E-state index in [0.29, 0.717) is 5.41 Å². The molecule has 1 unspecified atom stereocenters. The highest BCUT2D eigenvalue weighted by molar-refractivity contribution is 7.16. The molecule has 1 aliphatic rings. The van der Waals surface area contributed by atoms with Crippen molar-refractivity contribution in [1.82, 2.24) is 10.6 Å². The first-order valence-corrected chi connectivity index (χ1v) is 6.53. The molecule has 2 heterocycles. The summed E-state index contributed by atoms with van der Waals surface area (Å²) in [4.78, 5) is 1.31. The predicted octanol–water partition coefficient (Wildman–Crippen LogP) is 2.49. The van der Waals surface area contributed by atoms with Gasteiger partial charge in [-0.15, -0.1) is 11.3 Å². The minimum absolute atomic E-state index is 0.432. The zero-order valence-electron chi connectivity index (χ0n) is 8.98. The van der Waals surface area contributed by atoms with Crippen LogP contribution in [0.1, 0.15) is 18.2 Å². The van der Waals surface area contributed by atoms with Gasteiger partial charge in [0.1, 0.15) is 0 Å². The lowest BCUT2D eigenvalue weighted by molar-refractivity contribution is 0.340. The fourth-order valence-electron chi connectivity index (χ4n) is 1.95. The fourth-order valence-corrected chi connectivity index (χ4v) is 3.01. The molecule has 1 aliphatic heterocycles. The summed E-state index contributed by atoms with van der Waals surface area (Å²) in [5.74, 6) is 0. The lowest BCUT2D eigenvalue weighted by atomic mass is 9.90. The molecule has 0 spiro atoms. The fraction of sp³-hybridized carbons (Fsp3) is 0.636. The third kappa shape index (κ3) is 3.18. The van der Waals surface area contributed by atoms with Crippen LogP contribution in [0.5, 0.6) is 0 Å². The smallest absolute Gasteiger partial charge is 0.0931 e. The Balaban J connectivity index is 1.75. The second-order valence-electron chi connectivity index (χ2n) is 4.55. The molecule has 15 heavy (non-hydrogen) atoms. The van der Waals surface area contributed by atoms with Crippen LogP contribution in [0.15, 0.2) is 12.1 Å². The van der Waals surface area contributed by atoms with Gasteiger partial charge in [0.15, 0.2) is 0 Å². The SMILES string of the molecule is CC1(CNCc2ccc(Cl)s2)CCNC1. The monoisotopic (exact) mass is 244 g/mol. The highest BCUT2D eigenvalue weighted by Crippen LogP contribution is 2.24. The Hall–Kier alpha value is -0.0900. The van der Waals surface area contributed by atoms with Crippen LogP contribution < -0.4 is 10.6 Å². The molecule has 2 N–H and O–H groups in total. The van der Waals surface area contributed by atoms with Crippen molar-refractivity contribution >= 4 is 22.9 Å². The molecule has 2 nitrogen and oxygen atoms in total. The van der Waals surface area contributed by atoms with Gasteiger partial charge in [-0.3, -0.25) is 0 Å². The van der Waals surface area contributed by atoms with Gasteiger partial charge in [-0.05, 0) is 30.5 Å².